The van der Waals surface area contributed by atoms with Crippen molar-refractivity contribution in [1.29, 1.82) is 0 Å². The van der Waals surface area contributed by atoms with Crippen molar-refractivity contribution < 1.29 is 9.53 Å². The molecule has 122 valence electrons. The molecule has 2 aliphatic rings. The standard InChI is InChI=1S/C16H20N4O2S/c1-20(2)14-13(10-3-5-22-15(10)14)17-16(21)12-7-11(18-19-12)9-4-6-23-8-9/h4,6-8,10,13-15H,3,5H2,1-2H3,(H,17,21)(H,18,19). The van der Waals surface area contributed by atoms with Crippen LogP contribution in [0.3, 0.4) is 0 Å². The summed E-state index contributed by atoms with van der Waals surface area (Å²) in [5, 5.41) is 14.3. The number of thiophene rings is 1. The number of aromatic amines is 1. The van der Waals surface area contributed by atoms with Crippen LogP contribution in [0, 0.1) is 5.92 Å². The highest BCUT2D eigenvalue weighted by molar-refractivity contribution is 7.08. The third-order valence-corrected chi connectivity index (χ3v) is 5.57. The van der Waals surface area contributed by atoms with Crippen LogP contribution in [0.5, 0.6) is 0 Å². The van der Waals surface area contributed by atoms with Gasteiger partial charge in [0.1, 0.15) is 5.69 Å². The second-order valence-electron chi connectivity index (χ2n) is 6.42. The number of rotatable bonds is 4. The van der Waals surface area contributed by atoms with Crippen molar-refractivity contribution in [2.45, 2.75) is 24.6 Å². The number of likely N-dealkylation sites (N-methyl/N-ethyl adjacent to an activating group) is 1. The second-order valence-corrected chi connectivity index (χ2v) is 7.20. The SMILES string of the molecule is CN(C)C1C(NC(=O)c2cc(-c3ccsc3)n[nH]2)C2CCOC21. The zero-order valence-electron chi connectivity index (χ0n) is 13.2. The predicted molar refractivity (Wildman–Crippen MR) is 88.5 cm³/mol. The largest absolute Gasteiger partial charge is 0.376 e. The Morgan fingerprint density at radius 1 is 1.52 bits per heavy atom. The molecule has 1 amide bonds. The number of fused-ring (bicyclic) bond motifs is 1. The van der Waals surface area contributed by atoms with Gasteiger partial charge in [-0.15, -0.1) is 0 Å². The molecule has 4 rings (SSSR count). The van der Waals surface area contributed by atoms with Crippen LogP contribution in [0.1, 0.15) is 16.9 Å². The van der Waals surface area contributed by atoms with Crippen LogP contribution in [0.4, 0.5) is 0 Å². The summed E-state index contributed by atoms with van der Waals surface area (Å²) in [7, 11) is 4.07. The molecule has 2 aromatic rings. The molecule has 4 atom stereocenters. The Kier molecular flexibility index (Phi) is 3.71. The van der Waals surface area contributed by atoms with Gasteiger partial charge in [-0.1, -0.05) is 0 Å². The molecule has 2 N–H and O–H groups in total. The number of carbonyl (C=O) groups excluding carboxylic acids is 1. The van der Waals surface area contributed by atoms with Crippen molar-refractivity contribution in [1.82, 2.24) is 20.4 Å². The number of nitrogens with zero attached hydrogens (tertiary/aromatic N) is 2. The summed E-state index contributed by atoms with van der Waals surface area (Å²) in [6.07, 6.45) is 1.27. The highest BCUT2D eigenvalue weighted by Crippen LogP contribution is 2.41. The fraction of sp³-hybridized carbons (Fsp3) is 0.500. The number of nitrogens with one attached hydrogen (secondary N) is 2. The van der Waals surface area contributed by atoms with E-state index in [1.165, 1.54) is 0 Å². The van der Waals surface area contributed by atoms with Crippen LogP contribution in [-0.2, 0) is 4.74 Å². The van der Waals surface area contributed by atoms with E-state index in [4.69, 9.17) is 4.74 Å². The van der Waals surface area contributed by atoms with Crippen LogP contribution in [-0.4, -0.2) is 59.9 Å². The van der Waals surface area contributed by atoms with E-state index in [0.29, 0.717) is 11.6 Å². The van der Waals surface area contributed by atoms with Crippen LogP contribution < -0.4 is 5.32 Å². The molecular formula is C16H20N4O2S. The number of ether oxygens (including phenoxy) is 1. The molecule has 1 saturated carbocycles. The smallest absolute Gasteiger partial charge is 0.269 e. The highest BCUT2D eigenvalue weighted by Gasteiger charge is 2.55. The first kappa shape index (κ1) is 14.9. The number of amides is 1. The van der Waals surface area contributed by atoms with Gasteiger partial charge in [-0.05, 0) is 38.0 Å². The number of H-pyrrole nitrogens is 1. The van der Waals surface area contributed by atoms with Gasteiger partial charge in [0.25, 0.3) is 5.91 Å². The van der Waals surface area contributed by atoms with E-state index >= 15 is 0 Å². The summed E-state index contributed by atoms with van der Waals surface area (Å²) < 4.78 is 5.78. The van der Waals surface area contributed by atoms with Crippen molar-refractivity contribution in [3.8, 4) is 11.3 Å². The van der Waals surface area contributed by atoms with Crippen molar-refractivity contribution in [3.05, 3.63) is 28.6 Å². The lowest BCUT2D eigenvalue weighted by molar-refractivity contribution is -0.0664. The fourth-order valence-electron chi connectivity index (χ4n) is 3.71. The summed E-state index contributed by atoms with van der Waals surface area (Å²) in [4.78, 5) is 14.7. The van der Waals surface area contributed by atoms with Crippen molar-refractivity contribution in [2.24, 2.45) is 5.92 Å². The first-order valence-corrected chi connectivity index (χ1v) is 8.76. The first-order valence-electron chi connectivity index (χ1n) is 7.82. The molecule has 2 fully saturated rings. The van der Waals surface area contributed by atoms with E-state index in [-0.39, 0.29) is 24.1 Å². The lowest BCUT2D eigenvalue weighted by Gasteiger charge is -2.50. The maximum absolute atomic E-state index is 12.5. The Morgan fingerprint density at radius 3 is 3.13 bits per heavy atom. The molecule has 7 heteroatoms. The summed E-state index contributed by atoms with van der Waals surface area (Å²) in [5.41, 5.74) is 2.34. The Morgan fingerprint density at radius 2 is 2.39 bits per heavy atom. The molecule has 0 radical (unpaired) electrons. The Balaban J connectivity index is 1.47. The number of carbonyl (C=O) groups is 1. The normalized spacial score (nSPS) is 29.3. The van der Waals surface area contributed by atoms with Crippen molar-refractivity contribution >= 4 is 17.2 Å². The number of hydrogen-bond acceptors (Lipinski definition) is 5. The molecule has 23 heavy (non-hydrogen) atoms. The van der Waals surface area contributed by atoms with Gasteiger partial charge in [-0.25, -0.2) is 0 Å². The van der Waals surface area contributed by atoms with Gasteiger partial charge in [0.15, 0.2) is 0 Å². The fourth-order valence-corrected chi connectivity index (χ4v) is 4.36. The van der Waals surface area contributed by atoms with Crippen molar-refractivity contribution in [2.75, 3.05) is 20.7 Å². The summed E-state index contributed by atoms with van der Waals surface area (Å²) in [6.45, 7) is 0.790. The maximum Gasteiger partial charge on any atom is 0.269 e. The number of aromatic nitrogens is 2. The molecular weight excluding hydrogens is 312 g/mol. The summed E-state index contributed by atoms with van der Waals surface area (Å²) in [6, 6.07) is 4.18. The average Bonchev–Trinajstić information content (AvgIpc) is 3.24. The first-order chi connectivity index (χ1) is 11.1. The van der Waals surface area contributed by atoms with Crippen LogP contribution in [0.25, 0.3) is 11.3 Å². The minimum Gasteiger partial charge on any atom is -0.376 e. The van der Waals surface area contributed by atoms with Crippen LogP contribution >= 0.6 is 11.3 Å². The van der Waals surface area contributed by atoms with E-state index in [1.54, 1.807) is 11.3 Å². The Bertz CT molecular complexity index is 697. The third kappa shape index (κ3) is 2.49. The minimum absolute atomic E-state index is 0.0961. The summed E-state index contributed by atoms with van der Waals surface area (Å²) in [5.74, 6) is 0.326. The Hall–Kier alpha value is -1.70. The zero-order chi connectivity index (χ0) is 16.0. The monoisotopic (exact) mass is 332 g/mol. The molecule has 0 bridgehead atoms. The van der Waals surface area contributed by atoms with Gasteiger partial charge >= 0.3 is 0 Å². The van der Waals surface area contributed by atoms with Gasteiger partial charge in [0, 0.05) is 23.5 Å². The molecule has 0 aromatic carbocycles. The third-order valence-electron chi connectivity index (χ3n) is 4.88. The van der Waals surface area contributed by atoms with E-state index in [1.807, 2.05) is 37.0 Å². The van der Waals surface area contributed by atoms with Crippen molar-refractivity contribution in [3.63, 3.8) is 0 Å². The second kappa shape index (κ2) is 5.74. The number of hydrogen-bond donors (Lipinski definition) is 2. The topological polar surface area (TPSA) is 70.2 Å². The maximum atomic E-state index is 12.5. The Labute approximate surface area is 138 Å². The van der Waals surface area contributed by atoms with E-state index in [2.05, 4.69) is 20.4 Å². The van der Waals surface area contributed by atoms with Gasteiger partial charge < -0.3 is 15.0 Å². The molecule has 0 spiro atoms. The average molecular weight is 332 g/mol. The molecule has 6 nitrogen and oxygen atoms in total. The van der Waals surface area contributed by atoms with Gasteiger partial charge in [-0.2, -0.15) is 16.4 Å². The van der Waals surface area contributed by atoms with Crippen LogP contribution in [0.2, 0.25) is 0 Å². The summed E-state index contributed by atoms with van der Waals surface area (Å²) >= 11 is 1.62. The molecule has 4 unspecified atom stereocenters. The lowest BCUT2D eigenvalue weighted by atomic mass is 9.71. The predicted octanol–water partition coefficient (Wildman–Crippen LogP) is 1.59. The quantitative estimate of drug-likeness (QED) is 0.892. The molecule has 1 aliphatic carbocycles. The molecule has 1 aliphatic heterocycles. The van der Waals surface area contributed by atoms with Gasteiger partial charge in [0.2, 0.25) is 0 Å². The minimum atomic E-state index is -0.0961. The molecule has 3 heterocycles. The van der Waals surface area contributed by atoms with E-state index in [0.717, 1.165) is 24.3 Å². The van der Waals surface area contributed by atoms with Gasteiger partial charge in [-0.3, -0.25) is 9.89 Å². The van der Waals surface area contributed by atoms with Gasteiger partial charge in [0.05, 0.1) is 23.9 Å². The van der Waals surface area contributed by atoms with E-state index in [9.17, 15) is 4.79 Å². The highest BCUT2D eigenvalue weighted by atomic mass is 32.1. The molecule has 2 aromatic heterocycles. The zero-order valence-corrected chi connectivity index (χ0v) is 14.0. The lowest BCUT2D eigenvalue weighted by Crippen LogP contribution is -2.69. The molecule has 1 saturated heterocycles. The van der Waals surface area contributed by atoms with Crippen LogP contribution in [0.15, 0.2) is 22.9 Å². The van der Waals surface area contributed by atoms with E-state index < -0.39 is 0 Å².